The molecule has 1 N–H and O–H groups in total. The first-order valence-corrected chi connectivity index (χ1v) is 4.85. The standard InChI is InChI=1S/C10H19N3.ClH/c1-8(2)13(9(3)4)10-11-6-7-12(10)5;/h6-9H,1-5H3;1H. The average Bonchev–Trinajstić information content (AvgIpc) is 2.35. The van der Waals surface area contributed by atoms with Crippen molar-refractivity contribution in [3.05, 3.63) is 12.4 Å². The second-order valence-electron chi connectivity index (χ2n) is 3.99. The zero-order chi connectivity index (χ0) is 10.0. The Bertz CT molecular complexity index is 260. The fourth-order valence-electron chi connectivity index (χ4n) is 1.74. The molecule has 0 aliphatic heterocycles. The van der Waals surface area contributed by atoms with Crippen LogP contribution in [0.2, 0.25) is 0 Å². The predicted octanol–water partition coefficient (Wildman–Crippen LogP) is -1.53. The summed E-state index contributed by atoms with van der Waals surface area (Å²) in [5, 5.41) is 0. The number of hydrogen-bond donors (Lipinski definition) is 1. The smallest absolute Gasteiger partial charge is 0.357 e. The summed E-state index contributed by atoms with van der Waals surface area (Å²) in [6.45, 7) is 8.84. The molecule has 1 aromatic rings. The third-order valence-electron chi connectivity index (χ3n) is 2.20. The molecule has 82 valence electrons. The van der Waals surface area contributed by atoms with Crippen molar-refractivity contribution in [1.29, 1.82) is 0 Å². The van der Waals surface area contributed by atoms with E-state index in [4.69, 9.17) is 0 Å². The van der Waals surface area contributed by atoms with Crippen LogP contribution in [-0.4, -0.2) is 17.1 Å². The summed E-state index contributed by atoms with van der Waals surface area (Å²) in [5.41, 5.74) is 0. The molecule has 1 rings (SSSR count). The van der Waals surface area contributed by atoms with Crippen LogP contribution >= 0.6 is 0 Å². The number of aryl methyl sites for hydroxylation is 1. The molecule has 0 amide bonds. The van der Waals surface area contributed by atoms with E-state index in [-0.39, 0.29) is 12.4 Å². The van der Waals surface area contributed by atoms with E-state index < -0.39 is 0 Å². The highest BCUT2D eigenvalue weighted by Crippen LogP contribution is 2.12. The minimum atomic E-state index is 0. The van der Waals surface area contributed by atoms with Crippen LogP contribution in [0.3, 0.4) is 0 Å². The molecule has 0 bridgehead atoms. The van der Waals surface area contributed by atoms with Gasteiger partial charge in [-0.3, -0.25) is 4.90 Å². The Kier molecular flexibility index (Phi) is 4.99. The third kappa shape index (κ3) is 2.64. The van der Waals surface area contributed by atoms with Gasteiger partial charge in [-0.2, -0.15) is 0 Å². The number of anilines is 1. The average molecular weight is 218 g/mol. The lowest BCUT2D eigenvalue weighted by Gasteiger charge is -2.25. The van der Waals surface area contributed by atoms with E-state index >= 15 is 0 Å². The Morgan fingerprint density at radius 3 is 2.00 bits per heavy atom. The van der Waals surface area contributed by atoms with Crippen molar-refractivity contribution in [1.82, 2.24) is 4.98 Å². The summed E-state index contributed by atoms with van der Waals surface area (Å²) in [7, 11) is 2.06. The molecular weight excluding hydrogens is 198 g/mol. The fraction of sp³-hybridized carbons (Fsp3) is 0.700. The first-order valence-electron chi connectivity index (χ1n) is 4.85. The van der Waals surface area contributed by atoms with Crippen LogP contribution in [0, 0.1) is 0 Å². The lowest BCUT2D eigenvalue weighted by atomic mass is 10.2. The maximum absolute atomic E-state index is 3.26. The summed E-state index contributed by atoms with van der Waals surface area (Å²) < 4.78 is 2.11. The number of aromatic amines is 1. The number of rotatable bonds is 3. The second kappa shape index (κ2) is 5.25. The Balaban J connectivity index is 0.00000169. The zero-order valence-corrected chi connectivity index (χ0v) is 10.3. The molecule has 14 heavy (non-hydrogen) atoms. The monoisotopic (exact) mass is 217 g/mol. The van der Waals surface area contributed by atoms with E-state index in [1.54, 1.807) is 0 Å². The summed E-state index contributed by atoms with van der Waals surface area (Å²) in [5.74, 6) is 1.17. The lowest BCUT2D eigenvalue weighted by molar-refractivity contribution is -0.657. The summed E-state index contributed by atoms with van der Waals surface area (Å²) in [6.07, 6.45) is 4.00. The van der Waals surface area contributed by atoms with Crippen LogP contribution in [0.4, 0.5) is 5.95 Å². The predicted molar refractivity (Wildman–Crippen MR) is 54.7 cm³/mol. The summed E-state index contributed by atoms with van der Waals surface area (Å²) in [4.78, 5) is 5.62. The lowest BCUT2D eigenvalue weighted by Crippen LogP contribution is -3.00. The van der Waals surface area contributed by atoms with Crippen molar-refractivity contribution in [3.8, 4) is 0 Å². The number of aromatic nitrogens is 2. The molecule has 0 spiro atoms. The van der Waals surface area contributed by atoms with Gasteiger partial charge in [-0.15, -0.1) is 0 Å². The van der Waals surface area contributed by atoms with Crippen LogP contribution in [0.25, 0.3) is 0 Å². The van der Waals surface area contributed by atoms with Crippen LogP contribution in [0.15, 0.2) is 12.4 Å². The number of H-pyrrole nitrogens is 1. The van der Waals surface area contributed by atoms with Gasteiger partial charge in [0.05, 0.1) is 31.5 Å². The SMILES string of the molecule is CC(C)N(c1[nH]cc[n+]1C)C(C)C.[Cl-]. The molecule has 0 unspecified atom stereocenters. The number of nitrogens with zero attached hydrogens (tertiary/aromatic N) is 2. The number of nitrogens with one attached hydrogen (secondary N) is 1. The Hall–Kier alpha value is -0.700. The highest BCUT2D eigenvalue weighted by Gasteiger charge is 2.24. The largest absolute Gasteiger partial charge is 1.00 e. The molecule has 0 radical (unpaired) electrons. The van der Waals surface area contributed by atoms with Gasteiger partial charge >= 0.3 is 5.95 Å². The van der Waals surface area contributed by atoms with E-state index in [2.05, 4.69) is 49.2 Å². The van der Waals surface area contributed by atoms with Crippen LogP contribution in [0.1, 0.15) is 27.7 Å². The first-order chi connectivity index (χ1) is 6.04. The van der Waals surface area contributed by atoms with Crippen molar-refractivity contribution in [2.24, 2.45) is 7.05 Å². The van der Waals surface area contributed by atoms with Crippen LogP contribution in [0.5, 0.6) is 0 Å². The Labute approximate surface area is 92.5 Å². The molecule has 1 heterocycles. The molecule has 4 heteroatoms. The van der Waals surface area contributed by atoms with Gasteiger partial charge in [0.15, 0.2) is 0 Å². The summed E-state index contributed by atoms with van der Waals surface area (Å²) >= 11 is 0. The molecule has 3 nitrogen and oxygen atoms in total. The van der Waals surface area contributed by atoms with E-state index in [0.29, 0.717) is 12.1 Å². The number of halogens is 1. The van der Waals surface area contributed by atoms with Crippen LogP contribution < -0.4 is 21.9 Å². The van der Waals surface area contributed by atoms with Gasteiger partial charge in [0.1, 0.15) is 0 Å². The molecule has 0 aliphatic carbocycles. The Morgan fingerprint density at radius 2 is 1.71 bits per heavy atom. The van der Waals surface area contributed by atoms with E-state index in [0.717, 1.165) is 0 Å². The fourth-order valence-corrected chi connectivity index (χ4v) is 1.74. The van der Waals surface area contributed by atoms with Crippen molar-refractivity contribution in [2.75, 3.05) is 4.90 Å². The van der Waals surface area contributed by atoms with E-state index in [1.165, 1.54) is 5.95 Å². The first kappa shape index (κ1) is 13.3. The normalized spacial score (nSPS) is 10.5. The van der Waals surface area contributed by atoms with Gasteiger partial charge in [0.2, 0.25) is 0 Å². The zero-order valence-electron chi connectivity index (χ0n) is 9.58. The number of hydrogen-bond acceptors (Lipinski definition) is 1. The quantitative estimate of drug-likeness (QED) is 0.610. The molecule has 0 saturated heterocycles. The van der Waals surface area contributed by atoms with Crippen LogP contribution in [-0.2, 0) is 7.05 Å². The maximum atomic E-state index is 3.26. The second-order valence-corrected chi connectivity index (χ2v) is 3.99. The number of imidazole rings is 1. The van der Waals surface area contributed by atoms with E-state index in [1.807, 2.05) is 12.4 Å². The molecule has 0 aliphatic rings. The van der Waals surface area contributed by atoms with E-state index in [9.17, 15) is 0 Å². The third-order valence-corrected chi connectivity index (χ3v) is 2.20. The van der Waals surface area contributed by atoms with Gasteiger partial charge in [-0.1, -0.05) is 0 Å². The molecule has 0 aromatic carbocycles. The molecule has 0 saturated carbocycles. The molecular formula is C10H20ClN3. The van der Waals surface area contributed by atoms with Gasteiger partial charge in [0.25, 0.3) is 0 Å². The van der Waals surface area contributed by atoms with Gasteiger partial charge < -0.3 is 12.4 Å². The minimum Gasteiger partial charge on any atom is -1.00 e. The highest BCUT2D eigenvalue weighted by atomic mass is 35.5. The summed E-state index contributed by atoms with van der Waals surface area (Å²) in [6, 6.07) is 1.04. The molecule has 0 fully saturated rings. The highest BCUT2D eigenvalue weighted by molar-refractivity contribution is 5.26. The topological polar surface area (TPSA) is 22.9 Å². The van der Waals surface area contributed by atoms with Gasteiger partial charge in [0, 0.05) is 0 Å². The van der Waals surface area contributed by atoms with Crippen molar-refractivity contribution in [2.45, 2.75) is 39.8 Å². The maximum Gasteiger partial charge on any atom is 0.357 e. The minimum absolute atomic E-state index is 0. The van der Waals surface area contributed by atoms with Crippen molar-refractivity contribution >= 4 is 5.95 Å². The van der Waals surface area contributed by atoms with Crippen molar-refractivity contribution in [3.63, 3.8) is 0 Å². The molecule has 0 atom stereocenters. The van der Waals surface area contributed by atoms with Gasteiger partial charge in [-0.25, -0.2) is 9.55 Å². The molecule has 1 aromatic heterocycles. The van der Waals surface area contributed by atoms with Gasteiger partial charge in [-0.05, 0) is 27.7 Å². The Morgan fingerprint density at radius 1 is 1.21 bits per heavy atom. The van der Waals surface area contributed by atoms with Crippen molar-refractivity contribution < 1.29 is 17.0 Å².